The van der Waals surface area contributed by atoms with Crippen LogP contribution in [0.1, 0.15) is 22.3 Å². The molecule has 0 aromatic heterocycles. The minimum absolute atomic E-state index is 0.195. The Labute approximate surface area is 81.4 Å². The van der Waals surface area contributed by atoms with Crippen molar-refractivity contribution in [2.24, 2.45) is 0 Å². The minimum Gasteiger partial charge on any atom is -0.478 e. The lowest BCUT2D eigenvalue weighted by Gasteiger charge is -1.93. The summed E-state index contributed by atoms with van der Waals surface area (Å²) in [6, 6.07) is 6.18. The Morgan fingerprint density at radius 3 is 2.50 bits per heavy atom. The number of carboxylic acid groups (broad SMARTS) is 1. The normalized spacial score (nSPS) is 8.57. The fourth-order valence-corrected chi connectivity index (χ4v) is 0.891. The fraction of sp³-hybridized carbons (Fsp3) is 0.0909. The third-order valence-electron chi connectivity index (χ3n) is 1.55. The summed E-state index contributed by atoms with van der Waals surface area (Å²) >= 11 is 0. The molecule has 1 aromatic carbocycles. The van der Waals surface area contributed by atoms with E-state index in [-0.39, 0.29) is 12.0 Å². The van der Waals surface area contributed by atoms with Crippen LogP contribution in [0.5, 0.6) is 0 Å². The van der Waals surface area contributed by atoms with Crippen molar-refractivity contribution < 1.29 is 14.7 Å². The summed E-state index contributed by atoms with van der Waals surface area (Å²) in [7, 11) is 0. The summed E-state index contributed by atoms with van der Waals surface area (Å²) in [6.45, 7) is 0. The highest BCUT2D eigenvalue weighted by atomic mass is 16.4. The number of carbonyl (C=O) groups is 2. The zero-order chi connectivity index (χ0) is 10.4. The molecule has 0 fully saturated rings. The van der Waals surface area contributed by atoms with E-state index in [9.17, 15) is 9.59 Å². The quantitative estimate of drug-likeness (QED) is 0.562. The summed E-state index contributed by atoms with van der Waals surface area (Å²) in [4.78, 5) is 20.4. The van der Waals surface area contributed by atoms with Crippen LogP contribution in [0.25, 0.3) is 0 Å². The Hall–Kier alpha value is -2.08. The van der Waals surface area contributed by atoms with E-state index in [0.29, 0.717) is 5.56 Å². The SMILES string of the molecule is O=CCC#Cc1ccc(C(=O)O)cc1. The van der Waals surface area contributed by atoms with Crippen molar-refractivity contribution in [2.75, 3.05) is 0 Å². The third-order valence-corrected chi connectivity index (χ3v) is 1.55. The van der Waals surface area contributed by atoms with Gasteiger partial charge in [0.15, 0.2) is 0 Å². The van der Waals surface area contributed by atoms with Crippen molar-refractivity contribution in [3.8, 4) is 11.8 Å². The van der Waals surface area contributed by atoms with Crippen LogP contribution >= 0.6 is 0 Å². The number of hydrogen-bond acceptors (Lipinski definition) is 2. The maximum absolute atomic E-state index is 10.5. The van der Waals surface area contributed by atoms with Crippen LogP contribution in [0.2, 0.25) is 0 Å². The van der Waals surface area contributed by atoms with E-state index < -0.39 is 5.97 Å². The number of carboxylic acids is 1. The Morgan fingerprint density at radius 2 is 2.00 bits per heavy atom. The first-order valence-electron chi connectivity index (χ1n) is 4.00. The average molecular weight is 188 g/mol. The van der Waals surface area contributed by atoms with Gasteiger partial charge in [-0.25, -0.2) is 4.79 Å². The third kappa shape index (κ3) is 2.76. The van der Waals surface area contributed by atoms with Crippen molar-refractivity contribution in [1.29, 1.82) is 0 Å². The summed E-state index contributed by atoms with van der Waals surface area (Å²) in [5.74, 6) is 4.41. The topological polar surface area (TPSA) is 54.4 Å². The van der Waals surface area contributed by atoms with Crippen molar-refractivity contribution in [3.63, 3.8) is 0 Å². The molecule has 3 nitrogen and oxygen atoms in total. The second kappa shape index (κ2) is 4.83. The highest BCUT2D eigenvalue weighted by Crippen LogP contribution is 2.02. The van der Waals surface area contributed by atoms with Crippen molar-refractivity contribution in [3.05, 3.63) is 35.4 Å². The Bertz CT molecular complexity index is 393. The molecule has 1 rings (SSSR count). The molecule has 0 saturated carbocycles. The first kappa shape index (κ1) is 10.0. The zero-order valence-electron chi connectivity index (χ0n) is 7.36. The maximum atomic E-state index is 10.5. The van der Waals surface area contributed by atoms with Crippen LogP contribution in [0.15, 0.2) is 24.3 Å². The monoisotopic (exact) mass is 188 g/mol. The van der Waals surface area contributed by atoms with Crippen LogP contribution < -0.4 is 0 Å². The Morgan fingerprint density at radius 1 is 1.36 bits per heavy atom. The van der Waals surface area contributed by atoms with Crippen molar-refractivity contribution in [2.45, 2.75) is 6.42 Å². The predicted octanol–water partition coefficient (Wildman–Crippen LogP) is 1.33. The van der Waals surface area contributed by atoms with Gasteiger partial charge in [-0.3, -0.25) is 0 Å². The number of carbonyl (C=O) groups excluding carboxylic acids is 1. The van der Waals surface area contributed by atoms with E-state index >= 15 is 0 Å². The van der Waals surface area contributed by atoms with Crippen molar-refractivity contribution in [1.82, 2.24) is 0 Å². The van der Waals surface area contributed by atoms with Gasteiger partial charge in [-0.05, 0) is 24.3 Å². The lowest BCUT2D eigenvalue weighted by molar-refractivity contribution is -0.107. The minimum atomic E-state index is -0.961. The molecule has 70 valence electrons. The van der Waals surface area contributed by atoms with Gasteiger partial charge in [-0.1, -0.05) is 11.8 Å². The van der Waals surface area contributed by atoms with Gasteiger partial charge in [0.2, 0.25) is 0 Å². The Kier molecular flexibility index (Phi) is 3.45. The molecule has 1 N–H and O–H groups in total. The molecule has 3 heteroatoms. The van der Waals surface area contributed by atoms with Crippen LogP contribution in [-0.2, 0) is 4.79 Å². The molecule has 0 spiro atoms. The number of aromatic carboxylic acids is 1. The maximum Gasteiger partial charge on any atom is 0.335 e. The molecule has 0 aliphatic heterocycles. The molecule has 0 atom stereocenters. The molecule has 0 saturated heterocycles. The lowest BCUT2D eigenvalue weighted by atomic mass is 10.1. The molecule has 0 radical (unpaired) electrons. The van der Waals surface area contributed by atoms with Gasteiger partial charge in [0.25, 0.3) is 0 Å². The summed E-state index contributed by atoms with van der Waals surface area (Å²) < 4.78 is 0. The largest absolute Gasteiger partial charge is 0.478 e. The zero-order valence-corrected chi connectivity index (χ0v) is 7.36. The van der Waals surface area contributed by atoms with E-state index in [4.69, 9.17) is 5.11 Å². The number of rotatable bonds is 2. The second-order valence-corrected chi connectivity index (χ2v) is 2.56. The molecular weight excluding hydrogens is 180 g/mol. The van der Waals surface area contributed by atoms with E-state index in [1.165, 1.54) is 12.1 Å². The second-order valence-electron chi connectivity index (χ2n) is 2.56. The highest BCUT2D eigenvalue weighted by molar-refractivity contribution is 5.87. The fourth-order valence-electron chi connectivity index (χ4n) is 0.891. The van der Waals surface area contributed by atoms with Gasteiger partial charge in [0, 0.05) is 5.56 Å². The summed E-state index contributed by atoms with van der Waals surface area (Å²) in [6.07, 6.45) is 0.916. The summed E-state index contributed by atoms with van der Waals surface area (Å²) in [5.41, 5.74) is 0.933. The van der Waals surface area contributed by atoms with Gasteiger partial charge in [0.05, 0.1) is 12.0 Å². The van der Waals surface area contributed by atoms with E-state index in [1.54, 1.807) is 12.1 Å². The van der Waals surface area contributed by atoms with Crippen LogP contribution in [0.3, 0.4) is 0 Å². The molecule has 1 aromatic rings. The molecule has 0 heterocycles. The first-order chi connectivity index (χ1) is 6.74. The highest BCUT2D eigenvalue weighted by Gasteiger charge is 1.99. The molecule has 0 aliphatic rings. The lowest BCUT2D eigenvalue weighted by Crippen LogP contribution is -1.94. The van der Waals surface area contributed by atoms with E-state index in [1.807, 2.05) is 0 Å². The van der Waals surface area contributed by atoms with Crippen molar-refractivity contribution >= 4 is 12.3 Å². The standard InChI is InChI=1S/C11H8O3/c12-8-2-1-3-9-4-6-10(7-5-9)11(13)14/h4-8H,2H2,(H,13,14). The van der Waals surface area contributed by atoms with Gasteiger partial charge in [-0.15, -0.1) is 0 Å². The summed E-state index contributed by atoms with van der Waals surface area (Å²) in [5, 5.41) is 8.61. The average Bonchev–Trinajstić information content (AvgIpc) is 2.19. The number of hydrogen-bond donors (Lipinski definition) is 1. The van der Waals surface area contributed by atoms with E-state index in [2.05, 4.69) is 11.8 Å². The Balaban J connectivity index is 2.80. The first-order valence-corrected chi connectivity index (χ1v) is 4.00. The van der Waals surface area contributed by atoms with E-state index in [0.717, 1.165) is 6.29 Å². The number of benzene rings is 1. The van der Waals surface area contributed by atoms with Crippen LogP contribution in [0, 0.1) is 11.8 Å². The molecule has 0 unspecified atom stereocenters. The van der Waals surface area contributed by atoms with Gasteiger partial charge >= 0.3 is 5.97 Å². The predicted molar refractivity (Wildman–Crippen MR) is 51.0 cm³/mol. The van der Waals surface area contributed by atoms with Gasteiger partial charge in [0.1, 0.15) is 6.29 Å². The van der Waals surface area contributed by atoms with Gasteiger partial charge in [-0.2, -0.15) is 0 Å². The van der Waals surface area contributed by atoms with Crippen LogP contribution in [0.4, 0.5) is 0 Å². The van der Waals surface area contributed by atoms with Crippen LogP contribution in [-0.4, -0.2) is 17.4 Å². The molecule has 14 heavy (non-hydrogen) atoms. The smallest absolute Gasteiger partial charge is 0.335 e. The molecule has 0 aliphatic carbocycles. The molecule has 0 amide bonds. The molecule has 0 bridgehead atoms. The molecular formula is C11H8O3. The van der Waals surface area contributed by atoms with Gasteiger partial charge < -0.3 is 9.90 Å². The number of aldehydes is 1.